The van der Waals surface area contributed by atoms with E-state index in [1.54, 1.807) is 18.2 Å². The van der Waals surface area contributed by atoms with Gasteiger partial charge in [0, 0.05) is 18.4 Å². The molecule has 0 saturated heterocycles. The Balaban J connectivity index is 1.79. The van der Waals surface area contributed by atoms with E-state index in [1.165, 1.54) is 12.1 Å². The van der Waals surface area contributed by atoms with Crippen molar-refractivity contribution in [3.63, 3.8) is 0 Å². The first-order valence-corrected chi connectivity index (χ1v) is 12.7. The van der Waals surface area contributed by atoms with Gasteiger partial charge in [0.15, 0.2) is 0 Å². The second-order valence-electron chi connectivity index (χ2n) is 7.55. The van der Waals surface area contributed by atoms with Crippen LogP contribution < -0.4 is 10.3 Å². The van der Waals surface area contributed by atoms with Crippen LogP contribution in [0.15, 0.2) is 110 Å². The van der Waals surface area contributed by atoms with Crippen molar-refractivity contribution in [2.45, 2.75) is 24.2 Å². The molecule has 168 valence electrons. The zero-order valence-electron chi connectivity index (χ0n) is 17.7. The number of nitrogens with one attached hydrogen (secondary N) is 1. The summed E-state index contributed by atoms with van der Waals surface area (Å²) in [6.45, 7) is 0. The first kappa shape index (κ1) is 23.0. The highest BCUT2D eigenvalue weighted by Gasteiger charge is 2.24. The molecule has 0 aliphatic rings. The van der Waals surface area contributed by atoms with Crippen LogP contribution in [0.5, 0.6) is 0 Å². The van der Waals surface area contributed by atoms with Crippen LogP contribution in [-0.4, -0.2) is 8.42 Å². The molecule has 3 aromatic carbocycles. The Bertz CT molecular complexity index is 1390. The Morgan fingerprint density at radius 2 is 1.30 bits per heavy atom. The highest BCUT2D eigenvalue weighted by molar-refractivity contribution is 9.10. The van der Waals surface area contributed by atoms with E-state index >= 15 is 0 Å². The fraction of sp³-hybridized carbons (Fsp3) is 0.115. The van der Waals surface area contributed by atoms with Gasteiger partial charge in [-0.3, -0.25) is 4.72 Å². The van der Waals surface area contributed by atoms with Crippen molar-refractivity contribution in [1.82, 2.24) is 0 Å². The molecule has 4 aromatic rings. The molecule has 5 nitrogen and oxygen atoms in total. The van der Waals surface area contributed by atoms with Crippen molar-refractivity contribution in [2.24, 2.45) is 0 Å². The molecule has 0 unspecified atom stereocenters. The van der Waals surface area contributed by atoms with Crippen LogP contribution in [-0.2, 0) is 29.3 Å². The van der Waals surface area contributed by atoms with E-state index in [0.29, 0.717) is 30.6 Å². The molecule has 0 atom stereocenters. The lowest BCUT2D eigenvalue weighted by molar-refractivity contribution is 0.450. The lowest BCUT2D eigenvalue weighted by Crippen LogP contribution is -2.19. The molecule has 1 aromatic heterocycles. The third-order valence-electron chi connectivity index (χ3n) is 5.25. The number of rotatable bonds is 8. The molecule has 0 amide bonds. The van der Waals surface area contributed by atoms with Gasteiger partial charge in [-0.15, -0.1) is 0 Å². The van der Waals surface area contributed by atoms with E-state index in [-0.39, 0.29) is 15.1 Å². The molecule has 33 heavy (non-hydrogen) atoms. The van der Waals surface area contributed by atoms with Gasteiger partial charge in [-0.05, 0) is 45.6 Å². The second kappa shape index (κ2) is 10.2. The smallest absolute Gasteiger partial charge is 0.352 e. The van der Waals surface area contributed by atoms with Crippen LogP contribution in [0.4, 0.5) is 5.69 Å². The van der Waals surface area contributed by atoms with E-state index < -0.39 is 15.6 Å². The molecule has 1 heterocycles. The highest BCUT2D eigenvalue weighted by Crippen LogP contribution is 2.31. The summed E-state index contributed by atoms with van der Waals surface area (Å²) in [5.74, 6) is 0.460. The predicted octanol–water partition coefficient (Wildman–Crippen LogP) is 5.58. The van der Waals surface area contributed by atoms with Crippen LogP contribution >= 0.6 is 15.9 Å². The predicted molar refractivity (Wildman–Crippen MR) is 133 cm³/mol. The van der Waals surface area contributed by atoms with E-state index in [2.05, 4.69) is 20.7 Å². The molecule has 0 saturated carbocycles. The van der Waals surface area contributed by atoms with E-state index in [0.717, 1.165) is 11.1 Å². The molecule has 0 fully saturated rings. The minimum Gasteiger partial charge on any atom is -0.427 e. The molecular weight excluding hydrogens is 502 g/mol. The SMILES string of the molecule is O=c1oc(CCc2ccccc2)c(Cc2ccccc2)c(NS(=O)(=O)c2ccccc2)c1Br. The minimum atomic E-state index is -3.91. The monoisotopic (exact) mass is 523 g/mol. The Morgan fingerprint density at radius 1 is 0.758 bits per heavy atom. The van der Waals surface area contributed by atoms with Crippen LogP contribution in [0.1, 0.15) is 22.5 Å². The van der Waals surface area contributed by atoms with Gasteiger partial charge in [0.2, 0.25) is 0 Å². The quantitative estimate of drug-likeness (QED) is 0.327. The van der Waals surface area contributed by atoms with E-state index in [4.69, 9.17) is 4.42 Å². The summed E-state index contributed by atoms with van der Waals surface area (Å²) in [6.07, 6.45) is 1.51. The number of benzene rings is 3. The summed E-state index contributed by atoms with van der Waals surface area (Å²) >= 11 is 3.27. The van der Waals surface area contributed by atoms with Gasteiger partial charge in [-0.1, -0.05) is 78.9 Å². The van der Waals surface area contributed by atoms with E-state index in [9.17, 15) is 13.2 Å². The fourth-order valence-electron chi connectivity index (χ4n) is 3.58. The summed E-state index contributed by atoms with van der Waals surface area (Å²) in [7, 11) is -3.91. The van der Waals surface area contributed by atoms with Gasteiger partial charge < -0.3 is 4.42 Å². The zero-order chi connectivity index (χ0) is 23.3. The molecule has 0 aliphatic carbocycles. The summed E-state index contributed by atoms with van der Waals surface area (Å²) in [5, 5.41) is 0. The number of sulfonamides is 1. The van der Waals surface area contributed by atoms with Crippen molar-refractivity contribution in [3.05, 3.63) is 128 Å². The zero-order valence-corrected chi connectivity index (χ0v) is 20.1. The number of halogens is 1. The number of hydrogen-bond acceptors (Lipinski definition) is 4. The molecule has 0 radical (unpaired) electrons. The van der Waals surface area contributed by atoms with Gasteiger partial charge in [0.25, 0.3) is 10.0 Å². The largest absolute Gasteiger partial charge is 0.427 e. The second-order valence-corrected chi connectivity index (χ2v) is 10.0. The molecule has 1 N–H and O–H groups in total. The molecule has 0 aliphatic heterocycles. The Morgan fingerprint density at radius 3 is 1.91 bits per heavy atom. The van der Waals surface area contributed by atoms with Crippen molar-refractivity contribution in [1.29, 1.82) is 0 Å². The van der Waals surface area contributed by atoms with Gasteiger partial charge in [-0.2, -0.15) is 0 Å². The van der Waals surface area contributed by atoms with Crippen molar-refractivity contribution < 1.29 is 12.8 Å². The highest BCUT2D eigenvalue weighted by atomic mass is 79.9. The Kier molecular flexibility index (Phi) is 7.11. The molecule has 4 rings (SSSR count). The normalized spacial score (nSPS) is 11.3. The first-order valence-electron chi connectivity index (χ1n) is 10.4. The van der Waals surface area contributed by atoms with Crippen molar-refractivity contribution in [3.8, 4) is 0 Å². The Hall–Kier alpha value is -3.16. The van der Waals surface area contributed by atoms with Crippen molar-refractivity contribution >= 4 is 31.6 Å². The van der Waals surface area contributed by atoms with Crippen LogP contribution in [0.3, 0.4) is 0 Å². The maximum Gasteiger partial charge on any atom is 0.352 e. The van der Waals surface area contributed by atoms with Gasteiger partial charge >= 0.3 is 5.63 Å². The standard InChI is InChI=1S/C26H22BrNO4S/c27-24-25(28-33(30,31)21-14-8-3-9-15-21)22(18-20-12-6-2-7-13-20)23(32-26(24)29)17-16-19-10-4-1-5-11-19/h1-15,28H,16-18H2. The summed E-state index contributed by atoms with van der Waals surface area (Å²) < 4.78 is 34.5. The third-order valence-corrected chi connectivity index (χ3v) is 7.34. The minimum absolute atomic E-state index is 0.0522. The lowest BCUT2D eigenvalue weighted by atomic mass is 9.99. The number of anilines is 1. The van der Waals surface area contributed by atoms with Crippen molar-refractivity contribution in [2.75, 3.05) is 4.72 Å². The van der Waals surface area contributed by atoms with Crippen LogP contribution in [0, 0.1) is 0 Å². The maximum atomic E-state index is 13.1. The lowest BCUT2D eigenvalue weighted by Gasteiger charge is -2.17. The first-order chi connectivity index (χ1) is 15.9. The summed E-state index contributed by atoms with van der Waals surface area (Å²) in [6, 6.07) is 27.6. The molecular formula is C26H22BrNO4S. The fourth-order valence-corrected chi connectivity index (χ4v) is 5.26. The molecule has 0 spiro atoms. The number of hydrogen-bond donors (Lipinski definition) is 1. The van der Waals surface area contributed by atoms with Crippen LogP contribution in [0.25, 0.3) is 0 Å². The third kappa shape index (κ3) is 5.61. The van der Waals surface area contributed by atoms with Gasteiger partial charge in [0.1, 0.15) is 10.2 Å². The summed E-state index contributed by atoms with van der Waals surface area (Å²) in [5.41, 5.74) is 2.28. The molecule has 7 heteroatoms. The number of aryl methyl sites for hydroxylation is 2. The van der Waals surface area contributed by atoms with E-state index in [1.807, 2.05) is 60.7 Å². The topological polar surface area (TPSA) is 76.4 Å². The molecule has 0 bridgehead atoms. The summed E-state index contributed by atoms with van der Waals surface area (Å²) in [4.78, 5) is 12.8. The van der Waals surface area contributed by atoms with Gasteiger partial charge in [-0.25, -0.2) is 13.2 Å². The average molecular weight is 524 g/mol. The van der Waals surface area contributed by atoms with Gasteiger partial charge in [0.05, 0.1) is 10.6 Å². The van der Waals surface area contributed by atoms with Crippen LogP contribution in [0.2, 0.25) is 0 Å². The maximum absolute atomic E-state index is 13.1. The Labute approximate surface area is 201 Å². The average Bonchev–Trinajstić information content (AvgIpc) is 2.84.